The summed E-state index contributed by atoms with van der Waals surface area (Å²) < 4.78 is 8.71. The topological polar surface area (TPSA) is 65.0 Å². The van der Waals surface area contributed by atoms with Crippen LogP contribution in [0.15, 0.2) is 4.99 Å². The number of aliphatic imine (C=N–C) groups is 1. The van der Waals surface area contributed by atoms with Crippen LogP contribution in [0.3, 0.4) is 0 Å². The van der Waals surface area contributed by atoms with Crippen LogP contribution in [0.1, 0.15) is 0 Å². The number of carbonyl (C=O) groups excluding carboxylic acids is 2. The first-order chi connectivity index (χ1) is 5.67. The van der Waals surface area contributed by atoms with Crippen molar-refractivity contribution in [3.05, 3.63) is 0 Å². The van der Waals surface area contributed by atoms with Crippen LogP contribution in [-0.4, -0.2) is 39.4 Å². The highest BCUT2D eigenvalue weighted by molar-refractivity contribution is 6.08. The lowest BCUT2D eigenvalue weighted by atomic mass is 10.2. The molecule has 0 aliphatic carbocycles. The minimum Gasteiger partial charge on any atom is -0.468 e. The molecule has 0 aliphatic rings. The molecule has 0 rings (SSSR count). The quantitative estimate of drug-likeness (QED) is 0.332. The van der Waals surface area contributed by atoms with Crippen molar-refractivity contribution in [1.29, 1.82) is 0 Å². The summed E-state index contributed by atoms with van der Waals surface area (Å²) in [5.74, 6) is -2.40. The molecular weight excluding hydrogens is 162 g/mol. The lowest BCUT2D eigenvalue weighted by molar-refractivity contribution is -0.154. The summed E-state index contributed by atoms with van der Waals surface area (Å²) in [6.45, 7) is 0. The highest BCUT2D eigenvalue weighted by atomic mass is 16.5. The molecule has 0 aromatic heterocycles. The summed E-state index contributed by atoms with van der Waals surface area (Å²) in [6, 6.07) is 0. The third-order valence-electron chi connectivity index (χ3n) is 1.21. The molecule has 0 spiro atoms. The highest BCUT2D eigenvalue weighted by Crippen LogP contribution is 1.98. The van der Waals surface area contributed by atoms with E-state index in [9.17, 15) is 9.59 Å². The summed E-state index contributed by atoms with van der Waals surface area (Å²) >= 11 is 0. The van der Waals surface area contributed by atoms with Gasteiger partial charge in [-0.1, -0.05) is 0 Å². The van der Waals surface area contributed by atoms with Crippen molar-refractivity contribution in [2.75, 3.05) is 21.3 Å². The molecule has 0 bridgehead atoms. The average molecular weight is 173 g/mol. The number of hydrogen-bond donors (Lipinski definition) is 0. The molecular formula is C7H11NO4. The average Bonchev–Trinajstić information content (AvgIpc) is 2.11. The summed E-state index contributed by atoms with van der Waals surface area (Å²) in [4.78, 5) is 25.3. The Balaban J connectivity index is 4.43. The minimum absolute atomic E-state index is 0.674. The Kier molecular flexibility index (Phi) is 4.67. The van der Waals surface area contributed by atoms with Crippen LogP contribution in [-0.2, 0) is 19.1 Å². The van der Waals surface area contributed by atoms with Gasteiger partial charge < -0.3 is 9.47 Å². The highest BCUT2D eigenvalue weighted by Gasteiger charge is 2.26. The zero-order valence-electron chi connectivity index (χ0n) is 7.23. The zero-order chi connectivity index (χ0) is 9.56. The van der Waals surface area contributed by atoms with Gasteiger partial charge in [0.05, 0.1) is 14.2 Å². The first-order valence-electron chi connectivity index (χ1n) is 3.25. The molecule has 68 valence electrons. The first kappa shape index (κ1) is 10.6. The van der Waals surface area contributed by atoms with Gasteiger partial charge in [0.2, 0.25) is 0 Å². The molecule has 0 atom stereocenters. The normalized spacial score (nSPS) is 10.3. The lowest BCUT2D eigenvalue weighted by Crippen LogP contribution is -2.27. The predicted octanol–water partition coefficient (Wildman–Crippen LogP) is -0.351. The maximum absolute atomic E-state index is 10.9. The molecule has 5 heteroatoms. The Morgan fingerprint density at radius 3 is 1.92 bits per heavy atom. The second-order valence-corrected chi connectivity index (χ2v) is 1.93. The third-order valence-corrected chi connectivity index (χ3v) is 1.21. The van der Waals surface area contributed by atoms with E-state index >= 15 is 0 Å². The van der Waals surface area contributed by atoms with Gasteiger partial charge in [-0.3, -0.25) is 14.6 Å². The van der Waals surface area contributed by atoms with Crippen molar-refractivity contribution in [2.24, 2.45) is 10.9 Å². The summed E-state index contributed by atoms with van der Waals surface area (Å²) in [7, 11) is 3.85. The zero-order valence-corrected chi connectivity index (χ0v) is 7.23. The maximum Gasteiger partial charge on any atom is 0.325 e. The van der Waals surface area contributed by atoms with E-state index in [1.165, 1.54) is 27.5 Å². The van der Waals surface area contributed by atoms with Crippen LogP contribution in [0.25, 0.3) is 0 Å². The molecule has 0 aromatic carbocycles. The van der Waals surface area contributed by atoms with Crippen LogP contribution in [0, 0.1) is 5.92 Å². The molecule has 0 N–H and O–H groups in total. The Morgan fingerprint density at radius 2 is 1.67 bits per heavy atom. The Bertz CT molecular complexity index is 184. The van der Waals surface area contributed by atoms with Crippen molar-refractivity contribution < 1.29 is 19.1 Å². The largest absolute Gasteiger partial charge is 0.468 e. The molecule has 0 saturated carbocycles. The molecule has 0 aliphatic heterocycles. The van der Waals surface area contributed by atoms with Gasteiger partial charge in [0, 0.05) is 13.3 Å². The van der Waals surface area contributed by atoms with Crippen molar-refractivity contribution >= 4 is 18.2 Å². The van der Waals surface area contributed by atoms with E-state index in [2.05, 4.69) is 14.5 Å². The number of hydrogen-bond acceptors (Lipinski definition) is 5. The fourth-order valence-electron chi connectivity index (χ4n) is 0.621. The van der Waals surface area contributed by atoms with Gasteiger partial charge >= 0.3 is 11.9 Å². The fraction of sp³-hybridized carbons (Fsp3) is 0.571. The van der Waals surface area contributed by atoms with Gasteiger partial charge in [0.1, 0.15) is 0 Å². The van der Waals surface area contributed by atoms with Crippen LogP contribution in [0.2, 0.25) is 0 Å². The van der Waals surface area contributed by atoms with Gasteiger partial charge in [-0.05, 0) is 0 Å². The second-order valence-electron chi connectivity index (χ2n) is 1.93. The number of rotatable bonds is 3. The van der Waals surface area contributed by atoms with E-state index in [0.29, 0.717) is 0 Å². The van der Waals surface area contributed by atoms with Crippen molar-refractivity contribution in [3.8, 4) is 0 Å². The first-order valence-corrected chi connectivity index (χ1v) is 3.25. The van der Waals surface area contributed by atoms with E-state index in [1.54, 1.807) is 0 Å². The van der Waals surface area contributed by atoms with E-state index in [4.69, 9.17) is 0 Å². The van der Waals surface area contributed by atoms with Crippen molar-refractivity contribution in [1.82, 2.24) is 0 Å². The van der Waals surface area contributed by atoms with E-state index in [0.717, 1.165) is 0 Å². The van der Waals surface area contributed by atoms with Gasteiger partial charge in [-0.25, -0.2) is 0 Å². The second kappa shape index (κ2) is 5.29. The van der Waals surface area contributed by atoms with E-state index < -0.39 is 17.9 Å². The molecule has 0 unspecified atom stereocenters. The molecule has 0 amide bonds. The van der Waals surface area contributed by atoms with E-state index in [-0.39, 0.29) is 0 Å². The van der Waals surface area contributed by atoms with Gasteiger partial charge in [-0.2, -0.15) is 0 Å². The summed E-state index contributed by atoms with van der Waals surface area (Å²) in [5.41, 5.74) is 0. The van der Waals surface area contributed by atoms with Gasteiger partial charge in [0.25, 0.3) is 0 Å². The number of ether oxygens (including phenoxy) is 2. The number of esters is 2. The minimum atomic E-state index is -1.05. The fourth-order valence-corrected chi connectivity index (χ4v) is 0.621. The maximum atomic E-state index is 10.9. The molecule has 12 heavy (non-hydrogen) atoms. The Labute approximate surface area is 70.4 Å². The summed E-state index contributed by atoms with van der Waals surface area (Å²) in [6.07, 6.45) is 1.18. The molecule has 0 heterocycles. The van der Waals surface area contributed by atoms with Crippen LogP contribution in [0.4, 0.5) is 0 Å². The number of carbonyl (C=O) groups is 2. The Morgan fingerprint density at radius 1 is 1.25 bits per heavy atom. The molecule has 0 radical (unpaired) electrons. The molecule has 0 fully saturated rings. The molecule has 0 saturated heterocycles. The summed E-state index contributed by atoms with van der Waals surface area (Å²) in [5, 5.41) is 0. The monoisotopic (exact) mass is 173 g/mol. The van der Waals surface area contributed by atoms with Crippen molar-refractivity contribution in [2.45, 2.75) is 0 Å². The SMILES string of the molecule is CN=CC(C(=O)OC)C(=O)OC. The van der Waals surface area contributed by atoms with Crippen LogP contribution < -0.4 is 0 Å². The van der Waals surface area contributed by atoms with Crippen molar-refractivity contribution in [3.63, 3.8) is 0 Å². The standard InChI is InChI=1S/C7H11NO4/c1-8-4-5(6(9)11-2)7(10)12-3/h4-5H,1-3H3. The van der Waals surface area contributed by atoms with Crippen LogP contribution in [0.5, 0.6) is 0 Å². The van der Waals surface area contributed by atoms with Gasteiger partial charge in [-0.15, -0.1) is 0 Å². The smallest absolute Gasteiger partial charge is 0.325 e. The molecule has 0 aromatic rings. The third kappa shape index (κ3) is 2.69. The number of nitrogens with zero attached hydrogens (tertiary/aromatic N) is 1. The lowest BCUT2D eigenvalue weighted by Gasteiger charge is -2.05. The van der Waals surface area contributed by atoms with E-state index in [1.807, 2.05) is 0 Å². The van der Waals surface area contributed by atoms with Gasteiger partial charge in [0.15, 0.2) is 5.92 Å². The van der Waals surface area contributed by atoms with Crippen LogP contribution >= 0.6 is 0 Å². The number of methoxy groups -OCH3 is 2. The predicted molar refractivity (Wildman–Crippen MR) is 41.9 cm³/mol. The molecule has 5 nitrogen and oxygen atoms in total. The Hall–Kier alpha value is -1.39.